The molecule has 1 amide bonds. The molecule has 1 heterocycles. The number of anilines is 3. The molecule has 0 unspecified atom stereocenters. The highest BCUT2D eigenvalue weighted by Gasteiger charge is 2.09. The standard InChI is InChI=1S/C21H20ClN3O2/c1-3-14-4-6-16(7-5-14)24-18-10-15(12-23-13-18)21(26)25-17-8-9-20(27-2)19(22)11-17/h4-13,24H,3H2,1-2H3,(H,25,26). The number of carbonyl (C=O) groups is 1. The summed E-state index contributed by atoms with van der Waals surface area (Å²) in [6.07, 6.45) is 4.19. The quantitative estimate of drug-likeness (QED) is 0.608. The van der Waals surface area contributed by atoms with Crippen molar-refractivity contribution < 1.29 is 9.53 Å². The molecule has 0 aliphatic rings. The molecule has 1 aromatic heterocycles. The van der Waals surface area contributed by atoms with Gasteiger partial charge in [-0.25, -0.2) is 0 Å². The van der Waals surface area contributed by atoms with Gasteiger partial charge in [0, 0.05) is 17.6 Å². The summed E-state index contributed by atoms with van der Waals surface area (Å²) in [7, 11) is 1.54. The van der Waals surface area contributed by atoms with E-state index >= 15 is 0 Å². The van der Waals surface area contributed by atoms with E-state index in [0.717, 1.165) is 17.8 Å². The number of carbonyl (C=O) groups excluding carboxylic acids is 1. The maximum atomic E-state index is 12.5. The molecule has 0 aliphatic heterocycles. The van der Waals surface area contributed by atoms with Crippen molar-refractivity contribution in [1.29, 1.82) is 0 Å². The number of ether oxygens (including phenoxy) is 1. The maximum absolute atomic E-state index is 12.5. The number of hydrogen-bond donors (Lipinski definition) is 2. The normalized spacial score (nSPS) is 10.3. The molecule has 2 N–H and O–H groups in total. The first kappa shape index (κ1) is 18.7. The van der Waals surface area contributed by atoms with E-state index in [1.165, 1.54) is 11.8 Å². The Bertz CT molecular complexity index is 942. The average molecular weight is 382 g/mol. The topological polar surface area (TPSA) is 63.2 Å². The zero-order valence-corrected chi connectivity index (χ0v) is 15.9. The van der Waals surface area contributed by atoms with Crippen molar-refractivity contribution in [1.82, 2.24) is 4.98 Å². The SMILES string of the molecule is CCc1ccc(Nc2cncc(C(=O)Nc3ccc(OC)c(Cl)c3)c2)cc1. The van der Waals surface area contributed by atoms with Crippen LogP contribution in [0.2, 0.25) is 5.02 Å². The summed E-state index contributed by atoms with van der Waals surface area (Å²) in [5.74, 6) is 0.283. The minimum Gasteiger partial charge on any atom is -0.495 e. The van der Waals surface area contributed by atoms with Crippen LogP contribution >= 0.6 is 11.6 Å². The molecule has 5 nitrogen and oxygen atoms in total. The van der Waals surface area contributed by atoms with E-state index in [0.29, 0.717) is 22.0 Å². The lowest BCUT2D eigenvalue weighted by molar-refractivity contribution is 0.102. The monoisotopic (exact) mass is 381 g/mol. The largest absolute Gasteiger partial charge is 0.495 e. The van der Waals surface area contributed by atoms with Crippen molar-refractivity contribution in [3.8, 4) is 5.75 Å². The van der Waals surface area contributed by atoms with Crippen molar-refractivity contribution in [2.45, 2.75) is 13.3 Å². The number of nitrogens with one attached hydrogen (secondary N) is 2. The number of nitrogens with zero attached hydrogens (tertiary/aromatic N) is 1. The Morgan fingerprint density at radius 3 is 2.44 bits per heavy atom. The molecule has 0 atom stereocenters. The van der Waals surface area contributed by atoms with Crippen molar-refractivity contribution in [2.24, 2.45) is 0 Å². The van der Waals surface area contributed by atoms with Crippen LogP contribution < -0.4 is 15.4 Å². The lowest BCUT2D eigenvalue weighted by atomic mass is 10.1. The summed E-state index contributed by atoms with van der Waals surface area (Å²) in [5, 5.41) is 6.50. The van der Waals surface area contributed by atoms with E-state index in [9.17, 15) is 4.79 Å². The fraction of sp³-hybridized carbons (Fsp3) is 0.143. The molecule has 0 saturated heterocycles. The molecule has 2 aromatic carbocycles. The Morgan fingerprint density at radius 2 is 1.78 bits per heavy atom. The van der Waals surface area contributed by atoms with Gasteiger partial charge < -0.3 is 15.4 Å². The Labute approximate surface area is 163 Å². The van der Waals surface area contributed by atoms with Gasteiger partial charge in [-0.1, -0.05) is 30.7 Å². The minimum atomic E-state index is -0.270. The third kappa shape index (κ3) is 4.77. The predicted octanol–water partition coefficient (Wildman–Crippen LogP) is 5.30. The van der Waals surface area contributed by atoms with Gasteiger partial charge in [-0.15, -0.1) is 0 Å². The van der Waals surface area contributed by atoms with E-state index in [-0.39, 0.29) is 5.91 Å². The van der Waals surface area contributed by atoms with Crippen LogP contribution in [0.3, 0.4) is 0 Å². The maximum Gasteiger partial charge on any atom is 0.257 e. The number of rotatable bonds is 6. The molecule has 3 aromatic rings. The van der Waals surface area contributed by atoms with Crippen molar-refractivity contribution in [2.75, 3.05) is 17.7 Å². The van der Waals surface area contributed by atoms with Gasteiger partial charge in [0.05, 0.1) is 29.6 Å². The van der Waals surface area contributed by atoms with E-state index in [1.54, 1.807) is 37.6 Å². The zero-order valence-electron chi connectivity index (χ0n) is 15.1. The fourth-order valence-electron chi connectivity index (χ4n) is 2.57. The van der Waals surface area contributed by atoms with Crippen molar-refractivity contribution in [3.05, 3.63) is 77.1 Å². The second-order valence-electron chi connectivity index (χ2n) is 5.94. The summed E-state index contributed by atoms with van der Waals surface area (Å²) in [6.45, 7) is 2.12. The van der Waals surface area contributed by atoms with E-state index in [4.69, 9.17) is 16.3 Å². The first-order chi connectivity index (χ1) is 13.1. The van der Waals surface area contributed by atoms with Crippen LogP contribution in [0.25, 0.3) is 0 Å². The molecule has 6 heteroatoms. The number of halogens is 1. The third-order valence-electron chi connectivity index (χ3n) is 4.06. The van der Waals surface area contributed by atoms with Crippen LogP contribution in [0.5, 0.6) is 5.75 Å². The van der Waals surface area contributed by atoms with Crippen LogP contribution in [0.15, 0.2) is 60.9 Å². The van der Waals surface area contributed by atoms with Crippen LogP contribution in [0, 0.1) is 0 Å². The summed E-state index contributed by atoms with van der Waals surface area (Å²) < 4.78 is 5.11. The van der Waals surface area contributed by atoms with E-state index < -0.39 is 0 Å². The fourth-order valence-corrected chi connectivity index (χ4v) is 2.83. The predicted molar refractivity (Wildman–Crippen MR) is 109 cm³/mol. The number of methoxy groups -OCH3 is 1. The van der Waals surface area contributed by atoms with Crippen LogP contribution in [0.4, 0.5) is 17.1 Å². The number of aryl methyl sites for hydroxylation is 1. The van der Waals surface area contributed by atoms with Crippen LogP contribution in [-0.2, 0) is 6.42 Å². The number of amides is 1. The lowest BCUT2D eigenvalue weighted by Gasteiger charge is -2.10. The van der Waals surface area contributed by atoms with E-state index in [2.05, 4.69) is 34.7 Å². The van der Waals surface area contributed by atoms with Crippen molar-refractivity contribution >= 4 is 34.6 Å². The first-order valence-electron chi connectivity index (χ1n) is 8.55. The average Bonchev–Trinajstić information content (AvgIpc) is 2.69. The Morgan fingerprint density at radius 1 is 1.04 bits per heavy atom. The summed E-state index contributed by atoms with van der Waals surface area (Å²) >= 11 is 6.10. The van der Waals surface area contributed by atoms with Gasteiger partial charge in [-0.05, 0) is 48.4 Å². The highest BCUT2D eigenvalue weighted by atomic mass is 35.5. The second kappa shape index (κ2) is 8.56. The molecule has 0 spiro atoms. The van der Waals surface area contributed by atoms with Gasteiger partial charge in [0.25, 0.3) is 5.91 Å². The van der Waals surface area contributed by atoms with Gasteiger partial charge in [0.15, 0.2) is 0 Å². The highest BCUT2D eigenvalue weighted by Crippen LogP contribution is 2.27. The molecule has 0 bridgehead atoms. The van der Waals surface area contributed by atoms with Crippen LogP contribution in [0.1, 0.15) is 22.8 Å². The number of pyridine rings is 1. The molecule has 0 radical (unpaired) electrons. The van der Waals surface area contributed by atoms with Gasteiger partial charge in [0.1, 0.15) is 5.75 Å². The molecular weight excluding hydrogens is 362 g/mol. The summed E-state index contributed by atoms with van der Waals surface area (Å²) in [5.41, 5.74) is 3.97. The third-order valence-corrected chi connectivity index (χ3v) is 4.36. The summed E-state index contributed by atoms with van der Waals surface area (Å²) in [6, 6.07) is 15.0. The van der Waals surface area contributed by atoms with Gasteiger partial charge in [-0.2, -0.15) is 0 Å². The Kier molecular flexibility index (Phi) is 5.94. The first-order valence-corrected chi connectivity index (χ1v) is 8.92. The number of hydrogen-bond acceptors (Lipinski definition) is 4. The molecular formula is C21H20ClN3O2. The minimum absolute atomic E-state index is 0.270. The molecule has 0 saturated carbocycles. The Hall–Kier alpha value is -3.05. The molecule has 138 valence electrons. The molecule has 0 fully saturated rings. The molecule has 3 rings (SSSR count). The van der Waals surface area contributed by atoms with Gasteiger partial charge in [-0.3, -0.25) is 9.78 Å². The van der Waals surface area contributed by atoms with Gasteiger partial charge >= 0.3 is 0 Å². The summed E-state index contributed by atoms with van der Waals surface area (Å²) in [4.78, 5) is 16.7. The molecule has 27 heavy (non-hydrogen) atoms. The second-order valence-corrected chi connectivity index (χ2v) is 6.35. The smallest absolute Gasteiger partial charge is 0.257 e. The van der Waals surface area contributed by atoms with Crippen molar-refractivity contribution in [3.63, 3.8) is 0 Å². The Balaban J connectivity index is 1.72. The zero-order chi connectivity index (χ0) is 19.2. The van der Waals surface area contributed by atoms with Crippen LogP contribution in [-0.4, -0.2) is 18.0 Å². The number of benzene rings is 2. The van der Waals surface area contributed by atoms with Gasteiger partial charge in [0.2, 0.25) is 0 Å². The lowest BCUT2D eigenvalue weighted by Crippen LogP contribution is -2.12. The molecule has 0 aliphatic carbocycles. The highest BCUT2D eigenvalue weighted by molar-refractivity contribution is 6.32. The number of aromatic nitrogens is 1. The van der Waals surface area contributed by atoms with E-state index in [1.807, 2.05) is 12.1 Å².